The van der Waals surface area contributed by atoms with Crippen molar-refractivity contribution in [3.05, 3.63) is 0 Å². The maximum atomic E-state index is 7.89. The van der Waals surface area contributed by atoms with Crippen LogP contribution in [-0.4, -0.2) is 0 Å². The molecule has 0 heterocycles. The minimum absolute atomic E-state index is 0.190. The molecule has 0 amide bonds. The van der Waals surface area contributed by atoms with E-state index in [2.05, 4.69) is 11.7 Å². The predicted molar refractivity (Wildman–Crippen MR) is 49.3 cm³/mol. The van der Waals surface area contributed by atoms with Crippen molar-refractivity contribution in [2.45, 2.75) is 27.7 Å². The van der Waals surface area contributed by atoms with Crippen LogP contribution in [0.4, 0.5) is 0 Å². The Labute approximate surface area is 74.7 Å². The average molecular weight is 170 g/mol. The smallest absolute Gasteiger partial charge is 0.0649 e. The fourth-order valence-electron chi connectivity index (χ4n) is 0. The van der Waals surface area contributed by atoms with Crippen molar-refractivity contribution in [2.75, 3.05) is 0 Å². The summed E-state index contributed by atoms with van der Waals surface area (Å²) in [6.07, 6.45) is 0. The van der Waals surface area contributed by atoms with Crippen LogP contribution >= 0.6 is 0 Å². The fraction of sp³-hybridized carbons (Fsp3) is 0.750. The number of rotatable bonds is 0. The highest BCUT2D eigenvalue weighted by atomic mass is 15.0. The number of hydrogen-bond acceptors (Lipinski definition) is 4. The van der Waals surface area contributed by atoms with E-state index in [0.717, 1.165) is 0 Å². The average Bonchev–Trinajstić information content (AvgIpc) is 2.09. The zero-order valence-corrected chi connectivity index (χ0v) is 8.20. The van der Waals surface area contributed by atoms with Gasteiger partial charge in [-0.2, -0.15) is 10.5 Å². The predicted octanol–water partition coefficient (Wildman–Crippen LogP) is 1.15. The van der Waals surface area contributed by atoms with Crippen LogP contribution in [0, 0.1) is 34.5 Å². The first-order chi connectivity index (χ1) is 5.54. The summed E-state index contributed by atoms with van der Waals surface area (Å²) < 4.78 is 0. The first-order valence-corrected chi connectivity index (χ1v) is 3.67. The second kappa shape index (κ2) is 16.5. The van der Waals surface area contributed by atoms with Crippen molar-refractivity contribution >= 4 is 0 Å². The Morgan fingerprint density at radius 1 is 0.833 bits per heavy atom. The van der Waals surface area contributed by atoms with Crippen molar-refractivity contribution in [2.24, 2.45) is 23.5 Å². The van der Waals surface area contributed by atoms with Crippen molar-refractivity contribution in [1.29, 1.82) is 10.5 Å². The molecule has 0 saturated carbocycles. The molecule has 4 heteroatoms. The summed E-state index contributed by atoms with van der Waals surface area (Å²) in [4.78, 5) is 0. The maximum absolute atomic E-state index is 7.89. The Hall–Kier alpha value is -1.10. The Balaban J connectivity index is -0.000000112. The molecule has 4 nitrogen and oxygen atoms in total. The van der Waals surface area contributed by atoms with E-state index in [1.165, 1.54) is 0 Å². The molecule has 0 aromatic carbocycles. The lowest BCUT2D eigenvalue weighted by molar-refractivity contribution is 0.849. The van der Waals surface area contributed by atoms with Gasteiger partial charge in [0.05, 0.1) is 12.1 Å². The van der Waals surface area contributed by atoms with Gasteiger partial charge < -0.3 is 0 Å². The Bertz CT molecular complexity index is 120. The molecule has 0 unspecified atom stereocenters. The third-order valence-electron chi connectivity index (χ3n) is 0.516. The van der Waals surface area contributed by atoms with Gasteiger partial charge in [-0.15, -0.1) is 0 Å². The summed E-state index contributed by atoms with van der Waals surface area (Å²) >= 11 is 0. The molecule has 0 fully saturated rings. The second-order valence-corrected chi connectivity index (χ2v) is 2.57. The molecule has 0 aromatic rings. The molecule has 0 rings (SSSR count). The number of hydrazine groups is 1. The molecular formula is C8H18N4. The number of nitrogens with zero attached hydrogens (tertiary/aromatic N) is 2. The molecular weight excluding hydrogens is 152 g/mol. The van der Waals surface area contributed by atoms with Crippen molar-refractivity contribution in [1.82, 2.24) is 0 Å². The van der Waals surface area contributed by atoms with E-state index in [9.17, 15) is 0 Å². The highest BCUT2D eigenvalue weighted by Gasteiger charge is 1.79. The van der Waals surface area contributed by atoms with Gasteiger partial charge in [0, 0.05) is 11.8 Å². The lowest BCUT2D eigenvalue weighted by atomic mass is 10.3. The van der Waals surface area contributed by atoms with E-state index in [0.29, 0.717) is 0 Å². The zero-order chi connectivity index (χ0) is 10.6. The first kappa shape index (κ1) is 17.1. The van der Waals surface area contributed by atoms with Crippen LogP contribution in [0.1, 0.15) is 27.7 Å². The molecule has 0 atom stereocenters. The number of nitrogens with two attached hydrogens (primary N) is 2. The van der Waals surface area contributed by atoms with Crippen LogP contribution < -0.4 is 11.7 Å². The molecule has 70 valence electrons. The van der Waals surface area contributed by atoms with Crippen molar-refractivity contribution < 1.29 is 0 Å². The van der Waals surface area contributed by atoms with Gasteiger partial charge in [0.2, 0.25) is 0 Å². The molecule has 0 aliphatic rings. The molecule has 0 radical (unpaired) electrons. The molecule has 4 N–H and O–H groups in total. The fourth-order valence-corrected chi connectivity index (χ4v) is 0. The molecule has 0 bridgehead atoms. The lowest BCUT2D eigenvalue weighted by Gasteiger charge is -1.75. The van der Waals surface area contributed by atoms with E-state index in [1.807, 2.05) is 39.8 Å². The van der Waals surface area contributed by atoms with Crippen LogP contribution in [0.15, 0.2) is 0 Å². The van der Waals surface area contributed by atoms with E-state index in [4.69, 9.17) is 10.5 Å². The van der Waals surface area contributed by atoms with Crippen molar-refractivity contribution in [3.8, 4) is 12.1 Å². The highest BCUT2D eigenvalue weighted by Crippen LogP contribution is 1.82. The molecule has 0 spiro atoms. The molecule has 0 aliphatic heterocycles. The Kier molecular flexibility index (Phi) is 23.5. The topological polar surface area (TPSA) is 99.6 Å². The zero-order valence-electron chi connectivity index (χ0n) is 8.20. The van der Waals surface area contributed by atoms with E-state index in [-0.39, 0.29) is 11.8 Å². The van der Waals surface area contributed by atoms with E-state index < -0.39 is 0 Å². The third-order valence-corrected chi connectivity index (χ3v) is 0.516. The molecule has 12 heavy (non-hydrogen) atoms. The van der Waals surface area contributed by atoms with E-state index >= 15 is 0 Å². The van der Waals surface area contributed by atoms with E-state index in [1.54, 1.807) is 0 Å². The summed E-state index contributed by atoms with van der Waals surface area (Å²) in [6, 6.07) is 4.06. The van der Waals surface area contributed by atoms with Crippen LogP contribution in [0.3, 0.4) is 0 Å². The largest absolute Gasteiger partial charge is 0.274 e. The maximum Gasteiger partial charge on any atom is 0.0649 e. The van der Waals surface area contributed by atoms with Gasteiger partial charge in [-0.25, -0.2) is 0 Å². The van der Waals surface area contributed by atoms with Gasteiger partial charge in [0.1, 0.15) is 0 Å². The standard InChI is InChI=1S/2C4H7N.H4N2/c2*1-4(2)3-5;1-2/h2*4H,1-2H3;1-2H2. The van der Waals surface area contributed by atoms with Gasteiger partial charge in [0.15, 0.2) is 0 Å². The van der Waals surface area contributed by atoms with Gasteiger partial charge in [-0.05, 0) is 27.7 Å². The molecule has 0 aromatic heterocycles. The minimum Gasteiger partial charge on any atom is -0.274 e. The van der Waals surface area contributed by atoms with Gasteiger partial charge >= 0.3 is 0 Å². The molecule has 0 aliphatic carbocycles. The Morgan fingerprint density at radius 3 is 0.917 bits per heavy atom. The summed E-state index contributed by atoms with van der Waals surface area (Å²) in [6.45, 7) is 7.44. The summed E-state index contributed by atoms with van der Waals surface area (Å²) in [5.74, 6) is 8.38. The minimum atomic E-state index is 0.190. The Morgan fingerprint density at radius 2 is 0.917 bits per heavy atom. The number of hydrogen-bond donors (Lipinski definition) is 2. The van der Waals surface area contributed by atoms with Gasteiger partial charge in [-0.3, -0.25) is 11.7 Å². The normalized spacial score (nSPS) is 6.83. The lowest BCUT2D eigenvalue weighted by Crippen LogP contribution is -2.02. The first-order valence-electron chi connectivity index (χ1n) is 3.67. The van der Waals surface area contributed by atoms with Crippen LogP contribution in [0.5, 0.6) is 0 Å². The molecule has 0 saturated heterocycles. The van der Waals surface area contributed by atoms with Gasteiger partial charge in [0.25, 0.3) is 0 Å². The SMILES string of the molecule is CC(C)C#N.CC(C)C#N.NN. The monoisotopic (exact) mass is 170 g/mol. The van der Waals surface area contributed by atoms with Gasteiger partial charge in [-0.1, -0.05) is 0 Å². The van der Waals surface area contributed by atoms with Crippen LogP contribution in [-0.2, 0) is 0 Å². The van der Waals surface area contributed by atoms with Crippen LogP contribution in [0.2, 0.25) is 0 Å². The highest BCUT2D eigenvalue weighted by molar-refractivity contribution is 4.73. The second-order valence-electron chi connectivity index (χ2n) is 2.57. The summed E-state index contributed by atoms with van der Waals surface area (Å²) in [5.41, 5.74) is 0. The summed E-state index contributed by atoms with van der Waals surface area (Å²) in [7, 11) is 0. The van der Waals surface area contributed by atoms with Crippen LogP contribution in [0.25, 0.3) is 0 Å². The quantitative estimate of drug-likeness (QED) is 0.420. The van der Waals surface area contributed by atoms with Crippen molar-refractivity contribution in [3.63, 3.8) is 0 Å². The third kappa shape index (κ3) is 66.0. The number of nitriles is 2. The summed E-state index contributed by atoms with van der Waals surface area (Å²) in [5, 5.41) is 15.8.